The monoisotopic (exact) mass is 170 g/mol. The molecule has 12 heavy (non-hydrogen) atoms. The fourth-order valence-electron chi connectivity index (χ4n) is 2.14. The summed E-state index contributed by atoms with van der Waals surface area (Å²) in [5.74, 6) is 0.601. The first-order valence-corrected chi connectivity index (χ1v) is 5.17. The van der Waals surface area contributed by atoms with E-state index in [4.69, 9.17) is 0 Å². The Morgan fingerprint density at radius 3 is 2.17 bits per heavy atom. The lowest BCUT2D eigenvalue weighted by atomic mass is 9.84. The SMILES string of the molecule is CC(C)(C)C[C@@H](O)C1CCCC1. The maximum absolute atomic E-state index is 9.88. The highest BCUT2D eigenvalue weighted by Crippen LogP contribution is 2.33. The van der Waals surface area contributed by atoms with Gasteiger partial charge in [-0.05, 0) is 30.6 Å². The van der Waals surface area contributed by atoms with Crippen molar-refractivity contribution in [2.45, 2.75) is 59.0 Å². The zero-order valence-corrected chi connectivity index (χ0v) is 8.64. The normalized spacial score (nSPS) is 23.0. The predicted octanol–water partition coefficient (Wildman–Crippen LogP) is 2.97. The molecule has 0 aromatic rings. The van der Waals surface area contributed by atoms with Crippen molar-refractivity contribution in [3.05, 3.63) is 0 Å². The van der Waals surface area contributed by atoms with Crippen LogP contribution in [0, 0.1) is 11.3 Å². The molecule has 1 saturated carbocycles. The summed E-state index contributed by atoms with van der Waals surface area (Å²) in [4.78, 5) is 0. The Kier molecular flexibility index (Phi) is 3.16. The molecule has 0 aromatic heterocycles. The van der Waals surface area contributed by atoms with Gasteiger partial charge in [-0.3, -0.25) is 0 Å². The van der Waals surface area contributed by atoms with E-state index < -0.39 is 0 Å². The molecule has 1 atom stereocenters. The van der Waals surface area contributed by atoms with Gasteiger partial charge in [0.1, 0.15) is 0 Å². The summed E-state index contributed by atoms with van der Waals surface area (Å²) >= 11 is 0. The minimum absolute atomic E-state index is 0.0486. The second kappa shape index (κ2) is 3.78. The molecule has 1 aliphatic carbocycles. The molecule has 0 aliphatic heterocycles. The summed E-state index contributed by atoms with van der Waals surface area (Å²) in [6.07, 6.45) is 6.05. The molecule has 1 aliphatic rings. The van der Waals surface area contributed by atoms with Crippen LogP contribution in [0.5, 0.6) is 0 Å². The van der Waals surface area contributed by atoms with E-state index in [1.807, 2.05) is 0 Å². The van der Waals surface area contributed by atoms with Crippen molar-refractivity contribution < 1.29 is 5.11 Å². The lowest BCUT2D eigenvalue weighted by Gasteiger charge is -2.26. The number of aliphatic hydroxyl groups is 1. The van der Waals surface area contributed by atoms with Crippen LogP contribution in [-0.2, 0) is 0 Å². The van der Waals surface area contributed by atoms with Crippen molar-refractivity contribution in [2.75, 3.05) is 0 Å². The van der Waals surface area contributed by atoms with E-state index in [0.717, 1.165) is 6.42 Å². The zero-order valence-electron chi connectivity index (χ0n) is 8.64. The summed E-state index contributed by atoms with van der Waals surface area (Å²) in [6, 6.07) is 0. The Labute approximate surface area is 76.2 Å². The molecule has 0 bridgehead atoms. The summed E-state index contributed by atoms with van der Waals surface area (Å²) in [5.41, 5.74) is 0.280. The van der Waals surface area contributed by atoms with Gasteiger partial charge in [0.05, 0.1) is 6.10 Å². The van der Waals surface area contributed by atoms with E-state index in [0.29, 0.717) is 5.92 Å². The average Bonchev–Trinajstić information content (AvgIpc) is 2.32. The molecule has 0 aromatic carbocycles. The molecule has 0 radical (unpaired) electrons. The molecular formula is C11H22O. The van der Waals surface area contributed by atoms with Crippen LogP contribution in [0.1, 0.15) is 52.9 Å². The highest BCUT2D eigenvalue weighted by Gasteiger charge is 2.26. The van der Waals surface area contributed by atoms with E-state index in [2.05, 4.69) is 20.8 Å². The highest BCUT2D eigenvalue weighted by atomic mass is 16.3. The van der Waals surface area contributed by atoms with Crippen molar-refractivity contribution in [3.8, 4) is 0 Å². The standard InChI is InChI=1S/C11H22O/c1-11(2,3)8-10(12)9-6-4-5-7-9/h9-10,12H,4-8H2,1-3H3/t10-/m1/s1. The van der Waals surface area contributed by atoms with Gasteiger partial charge in [-0.1, -0.05) is 33.6 Å². The van der Waals surface area contributed by atoms with Crippen LogP contribution in [-0.4, -0.2) is 11.2 Å². The molecule has 0 amide bonds. The average molecular weight is 170 g/mol. The Morgan fingerprint density at radius 1 is 1.25 bits per heavy atom. The number of hydrogen-bond donors (Lipinski definition) is 1. The summed E-state index contributed by atoms with van der Waals surface area (Å²) < 4.78 is 0. The first-order valence-electron chi connectivity index (χ1n) is 5.17. The third-order valence-electron chi connectivity index (χ3n) is 2.77. The molecule has 1 N–H and O–H groups in total. The van der Waals surface area contributed by atoms with E-state index in [-0.39, 0.29) is 11.5 Å². The van der Waals surface area contributed by atoms with Gasteiger partial charge in [-0.2, -0.15) is 0 Å². The van der Waals surface area contributed by atoms with Gasteiger partial charge in [-0.15, -0.1) is 0 Å². The summed E-state index contributed by atoms with van der Waals surface area (Å²) in [6.45, 7) is 6.60. The second-order valence-electron chi connectivity index (χ2n) is 5.38. The van der Waals surface area contributed by atoms with Crippen LogP contribution < -0.4 is 0 Å². The van der Waals surface area contributed by atoms with Gasteiger partial charge in [0, 0.05) is 0 Å². The molecule has 0 unspecified atom stereocenters. The van der Waals surface area contributed by atoms with Crippen molar-refractivity contribution in [1.29, 1.82) is 0 Å². The first kappa shape index (κ1) is 10.0. The topological polar surface area (TPSA) is 20.2 Å². The lowest BCUT2D eigenvalue weighted by Crippen LogP contribution is -2.24. The minimum Gasteiger partial charge on any atom is -0.393 e. The summed E-state index contributed by atoms with van der Waals surface area (Å²) in [7, 11) is 0. The van der Waals surface area contributed by atoms with Gasteiger partial charge in [0.2, 0.25) is 0 Å². The van der Waals surface area contributed by atoms with Crippen molar-refractivity contribution >= 4 is 0 Å². The smallest absolute Gasteiger partial charge is 0.0573 e. The van der Waals surface area contributed by atoms with Gasteiger partial charge >= 0.3 is 0 Å². The van der Waals surface area contributed by atoms with Crippen LogP contribution >= 0.6 is 0 Å². The second-order valence-corrected chi connectivity index (χ2v) is 5.38. The predicted molar refractivity (Wildman–Crippen MR) is 52.0 cm³/mol. The van der Waals surface area contributed by atoms with E-state index in [1.54, 1.807) is 0 Å². The van der Waals surface area contributed by atoms with Crippen LogP contribution in [0.25, 0.3) is 0 Å². The van der Waals surface area contributed by atoms with Crippen molar-refractivity contribution in [1.82, 2.24) is 0 Å². The van der Waals surface area contributed by atoms with E-state index in [9.17, 15) is 5.11 Å². The Balaban J connectivity index is 2.31. The molecule has 1 heteroatoms. The van der Waals surface area contributed by atoms with E-state index >= 15 is 0 Å². The van der Waals surface area contributed by atoms with Gasteiger partial charge < -0.3 is 5.11 Å². The number of hydrogen-bond acceptors (Lipinski definition) is 1. The third kappa shape index (κ3) is 3.14. The quantitative estimate of drug-likeness (QED) is 0.675. The van der Waals surface area contributed by atoms with Crippen molar-refractivity contribution in [2.24, 2.45) is 11.3 Å². The minimum atomic E-state index is -0.0486. The van der Waals surface area contributed by atoms with Gasteiger partial charge in [0.15, 0.2) is 0 Å². The highest BCUT2D eigenvalue weighted by molar-refractivity contribution is 4.78. The Hall–Kier alpha value is -0.0400. The van der Waals surface area contributed by atoms with Crippen LogP contribution in [0.2, 0.25) is 0 Å². The zero-order chi connectivity index (χ0) is 9.19. The molecule has 0 spiro atoms. The molecule has 0 heterocycles. The maximum atomic E-state index is 9.88. The fraction of sp³-hybridized carbons (Fsp3) is 1.00. The van der Waals surface area contributed by atoms with Gasteiger partial charge in [0.25, 0.3) is 0 Å². The Bertz CT molecular complexity index is 128. The first-order chi connectivity index (χ1) is 5.49. The molecule has 1 fully saturated rings. The largest absolute Gasteiger partial charge is 0.393 e. The summed E-state index contributed by atoms with van der Waals surface area (Å²) in [5, 5.41) is 9.88. The third-order valence-corrected chi connectivity index (χ3v) is 2.77. The molecule has 0 saturated heterocycles. The maximum Gasteiger partial charge on any atom is 0.0573 e. The number of aliphatic hydroxyl groups excluding tert-OH is 1. The van der Waals surface area contributed by atoms with E-state index in [1.165, 1.54) is 25.7 Å². The fourth-order valence-corrected chi connectivity index (χ4v) is 2.14. The molecule has 72 valence electrons. The number of rotatable bonds is 2. The van der Waals surface area contributed by atoms with Gasteiger partial charge in [-0.25, -0.2) is 0 Å². The molecule has 1 rings (SSSR count). The Morgan fingerprint density at radius 2 is 1.75 bits per heavy atom. The molecule has 1 nitrogen and oxygen atoms in total. The van der Waals surface area contributed by atoms with Crippen LogP contribution in [0.4, 0.5) is 0 Å². The lowest BCUT2D eigenvalue weighted by molar-refractivity contribution is 0.0686. The van der Waals surface area contributed by atoms with Crippen LogP contribution in [0.3, 0.4) is 0 Å². The van der Waals surface area contributed by atoms with Crippen molar-refractivity contribution in [3.63, 3.8) is 0 Å². The molecular weight excluding hydrogens is 148 g/mol. The van der Waals surface area contributed by atoms with Crippen LogP contribution in [0.15, 0.2) is 0 Å².